The van der Waals surface area contributed by atoms with Gasteiger partial charge in [0.2, 0.25) is 0 Å². The molecular formula is C24H12F9N3O6. The van der Waals surface area contributed by atoms with E-state index in [1.165, 1.54) is 0 Å². The van der Waals surface area contributed by atoms with Gasteiger partial charge in [0.05, 0.1) is 17.1 Å². The maximum atomic E-state index is 13.4. The lowest BCUT2D eigenvalue weighted by molar-refractivity contribution is -0.275. The molecule has 0 aliphatic heterocycles. The van der Waals surface area contributed by atoms with Gasteiger partial charge in [0.25, 0.3) is 0 Å². The first kappa shape index (κ1) is 29.8. The van der Waals surface area contributed by atoms with Crippen LogP contribution in [0, 0.1) is 0 Å². The summed E-state index contributed by atoms with van der Waals surface area (Å²) in [6.07, 6.45) is -15.2. The highest BCUT2D eigenvalue weighted by atomic mass is 19.4. The highest BCUT2D eigenvalue weighted by Crippen LogP contribution is 2.25. The second kappa shape index (κ2) is 10.7. The Morgan fingerprint density at radius 1 is 0.381 bits per heavy atom. The van der Waals surface area contributed by atoms with Crippen LogP contribution in [0.2, 0.25) is 0 Å². The Balaban J connectivity index is 1.92. The average molecular weight is 609 g/mol. The van der Waals surface area contributed by atoms with E-state index in [0.29, 0.717) is 13.7 Å². The molecule has 0 atom stereocenters. The van der Waals surface area contributed by atoms with E-state index in [-0.39, 0.29) is 17.1 Å². The lowest BCUT2D eigenvalue weighted by Crippen LogP contribution is -2.52. The molecule has 0 radical (unpaired) electrons. The molecule has 222 valence electrons. The maximum Gasteiger partial charge on any atom is 0.573 e. The molecule has 0 aliphatic carbocycles. The van der Waals surface area contributed by atoms with Crippen molar-refractivity contribution in [3.63, 3.8) is 0 Å². The summed E-state index contributed by atoms with van der Waals surface area (Å²) in [6, 6.07) is 9.69. The number of halogens is 9. The number of ether oxygens (including phenoxy) is 3. The highest BCUT2D eigenvalue weighted by molar-refractivity contribution is 5.42. The number of hydrogen-bond acceptors (Lipinski definition) is 6. The van der Waals surface area contributed by atoms with Crippen molar-refractivity contribution in [1.82, 2.24) is 13.7 Å². The first-order chi connectivity index (χ1) is 19.4. The fourth-order valence-corrected chi connectivity index (χ4v) is 3.60. The highest BCUT2D eigenvalue weighted by Gasteiger charge is 2.33. The van der Waals surface area contributed by atoms with Crippen LogP contribution in [-0.4, -0.2) is 32.8 Å². The molecule has 0 bridgehead atoms. The SMILES string of the molecule is O=c1n(-c2ccc(OC(F)(F)F)cc2)c(=O)n(-c2ccc(OC(F)(F)F)cc2)c(=O)n1-c1ccc(OC(F)(F)F)cc1. The second-order valence-electron chi connectivity index (χ2n) is 7.98. The predicted molar refractivity (Wildman–Crippen MR) is 123 cm³/mol. The summed E-state index contributed by atoms with van der Waals surface area (Å²) in [5.41, 5.74) is -5.32. The van der Waals surface area contributed by atoms with E-state index in [1.54, 1.807) is 0 Å². The summed E-state index contributed by atoms with van der Waals surface area (Å²) in [6.45, 7) is 0. The van der Waals surface area contributed by atoms with Crippen LogP contribution in [0.4, 0.5) is 39.5 Å². The van der Waals surface area contributed by atoms with E-state index in [4.69, 9.17) is 0 Å². The Morgan fingerprint density at radius 3 is 0.738 bits per heavy atom. The Hall–Kier alpha value is -5.16. The largest absolute Gasteiger partial charge is 0.573 e. The molecule has 1 heterocycles. The summed E-state index contributed by atoms with van der Waals surface area (Å²) < 4.78 is 125. The zero-order chi connectivity index (χ0) is 31.0. The molecule has 4 aromatic rings. The summed E-state index contributed by atoms with van der Waals surface area (Å²) in [5.74, 6) is -2.18. The van der Waals surface area contributed by atoms with E-state index >= 15 is 0 Å². The normalized spacial score (nSPS) is 12.2. The third-order valence-corrected chi connectivity index (χ3v) is 5.13. The van der Waals surface area contributed by atoms with Crippen molar-refractivity contribution in [2.75, 3.05) is 0 Å². The van der Waals surface area contributed by atoms with Gasteiger partial charge in [0.15, 0.2) is 0 Å². The van der Waals surface area contributed by atoms with Crippen LogP contribution < -0.4 is 31.3 Å². The van der Waals surface area contributed by atoms with Crippen LogP contribution in [0.15, 0.2) is 87.2 Å². The summed E-state index contributed by atoms with van der Waals surface area (Å²) in [7, 11) is 0. The molecule has 18 heteroatoms. The molecule has 0 fully saturated rings. The van der Waals surface area contributed by atoms with Crippen molar-refractivity contribution in [3.05, 3.63) is 104 Å². The van der Waals surface area contributed by atoms with Crippen LogP contribution in [0.1, 0.15) is 0 Å². The Morgan fingerprint density at radius 2 is 0.571 bits per heavy atom. The van der Waals surface area contributed by atoms with Crippen molar-refractivity contribution in [2.45, 2.75) is 19.1 Å². The van der Waals surface area contributed by atoms with Gasteiger partial charge in [-0.1, -0.05) is 0 Å². The van der Waals surface area contributed by atoms with E-state index in [1.807, 2.05) is 0 Å². The van der Waals surface area contributed by atoms with Crippen molar-refractivity contribution >= 4 is 0 Å². The first-order valence-corrected chi connectivity index (χ1v) is 11.0. The van der Waals surface area contributed by atoms with Crippen LogP contribution in [-0.2, 0) is 0 Å². The maximum absolute atomic E-state index is 13.4. The number of alkyl halides is 9. The molecule has 42 heavy (non-hydrogen) atoms. The average Bonchev–Trinajstić information content (AvgIpc) is 2.84. The standard InChI is InChI=1S/C24H12F9N3O6/c25-22(26,27)40-16-7-1-13(2-8-16)34-19(37)35(14-3-9-17(10-4-14)41-23(28,29)30)21(39)36(20(34)38)15-5-11-18(12-6-15)42-24(31,32)33/h1-12H. The minimum absolute atomic E-state index is 0.332. The predicted octanol–water partition coefficient (Wildman–Crippen LogP) is 4.84. The van der Waals surface area contributed by atoms with Crippen LogP contribution >= 0.6 is 0 Å². The Bertz CT molecular complexity index is 1510. The monoisotopic (exact) mass is 609 g/mol. The van der Waals surface area contributed by atoms with Crippen molar-refractivity contribution in [2.24, 2.45) is 0 Å². The van der Waals surface area contributed by atoms with Gasteiger partial charge in [-0.3, -0.25) is 0 Å². The van der Waals surface area contributed by atoms with Crippen LogP contribution in [0.25, 0.3) is 17.1 Å². The number of benzene rings is 3. The Labute approximate surface area is 225 Å². The van der Waals surface area contributed by atoms with Crippen LogP contribution in [0.3, 0.4) is 0 Å². The molecule has 0 saturated heterocycles. The van der Waals surface area contributed by atoms with Gasteiger partial charge < -0.3 is 14.2 Å². The quantitative estimate of drug-likeness (QED) is 0.291. The van der Waals surface area contributed by atoms with Gasteiger partial charge in [-0.2, -0.15) is 0 Å². The second-order valence-corrected chi connectivity index (χ2v) is 7.98. The number of hydrogen-bond donors (Lipinski definition) is 0. The van der Waals surface area contributed by atoms with E-state index < -0.39 is 53.4 Å². The zero-order valence-corrected chi connectivity index (χ0v) is 20.1. The van der Waals surface area contributed by atoms with Gasteiger partial charge in [0.1, 0.15) is 17.2 Å². The fraction of sp³-hybridized carbons (Fsp3) is 0.125. The van der Waals surface area contributed by atoms with Gasteiger partial charge in [-0.05, 0) is 72.8 Å². The van der Waals surface area contributed by atoms with Gasteiger partial charge in [-0.15, -0.1) is 39.5 Å². The van der Waals surface area contributed by atoms with Crippen LogP contribution in [0.5, 0.6) is 17.2 Å². The number of rotatable bonds is 6. The van der Waals surface area contributed by atoms with Crippen molar-refractivity contribution < 1.29 is 53.7 Å². The number of nitrogens with zero attached hydrogens (tertiary/aromatic N) is 3. The summed E-state index contributed by atoms with van der Waals surface area (Å²) in [5, 5.41) is 0. The van der Waals surface area contributed by atoms with E-state index in [9.17, 15) is 53.9 Å². The molecule has 1 aromatic heterocycles. The van der Waals surface area contributed by atoms with E-state index in [0.717, 1.165) is 72.8 Å². The van der Waals surface area contributed by atoms with Crippen molar-refractivity contribution in [1.29, 1.82) is 0 Å². The zero-order valence-electron chi connectivity index (χ0n) is 20.1. The molecule has 0 N–H and O–H groups in total. The molecule has 4 rings (SSSR count). The molecule has 0 spiro atoms. The lowest BCUT2D eigenvalue weighted by Gasteiger charge is -2.16. The molecule has 3 aromatic carbocycles. The molecule has 0 amide bonds. The lowest BCUT2D eigenvalue weighted by atomic mass is 10.3. The Kier molecular flexibility index (Phi) is 7.58. The van der Waals surface area contributed by atoms with E-state index in [2.05, 4.69) is 14.2 Å². The van der Waals surface area contributed by atoms with Gasteiger partial charge in [0, 0.05) is 0 Å². The molecular weight excluding hydrogens is 597 g/mol. The summed E-state index contributed by atoms with van der Waals surface area (Å²) in [4.78, 5) is 40.1. The molecule has 0 saturated carbocycles. The molecule has 0 aliphatic rings. The number of aromatic nitrogens is 3. The van der Waals surface area contributed by atoms with Gasteiger partial charge in [-0.25, -0.2) is 28.1 Å². The minimum atomic E-state index is -5.07. The van der Waals surface area contributed by atoms with Gasteiger partial charge >= 0.3 is 36.2 Å². The molecule has 0 unspecified atom stereocenters. The summed E-state index contributed by atoms with van der Waals surface area (Å²) >= 11 is 0. The minimum Gasteiger partial charge on any atom is -0.406 e. The third kappa shape index (κ3) is 6.94. The first-order valence-electron chi connectivity index (χ1n) is 11.0. The third-order valence-electron chi connectivity index (χ3n) is 5.13. The van der Waals surface area contributed by atoms with Crippen molar-refractivity contribution in [3.8, 4) is 34.3 Å². The topological polar surface area (TPSA) is 93.7 Å². The fourth-order valence-electron chi connectivity index (χ4n) is 3.60. The molecule has 9 nitrogen and oxygen atoms in total. The smallest absolute Gasteiger partial charge is 0.406 e.